The van der Waals surface area contributed by atoms with Gasteiger partial charge in [0.25, 0.3) is 5.56 Å². The molecule has 2 rings (SSSR count). The standard InChI is InChI=1S/C11H15ClN2O5S/c1-20-6-10(4-15)8(17)11(12,5-19-10)14-3-2-7(16)13-9(14)18/h2-3,8,15,17H,4-6H2,1H3,(H,13,16,18)/t8-,10+,11-/m1/s1. The molecule has 1 aliphatic rings. The van der Waals surface area contributed by atoms with E-state index in [1.807, 2.05) is 0 Å². The molecular weight excluding hydrogens is 308 g/mol. The van der Waals surface area contributed by atoms with Gasteiger partial charge in [-0.2, -0.15) is 11.8 Å². The number of hydrogen-bond acceptors (Lipinski definition) is 6. The Kier molecular flexibility index (Phi) is 4.31. The van der Waals surface area contributed by atoms with Gasteiger partial charge >= 0.3 is 5.69 Å². The fourth-order valence-electron chi connectivity index (χ4n) is 2.26. The molecule has 1 saturated heterocycles. The van der Waals surface area contributed by atoms with E-state index in [1.54, 1.807) is 6.26 Å². The molecule has 0 radical (unpaired) electrons. The Balaban J connectivity index is 2.46. The normalized spacial score (nSPS) is 33.5. The first-order chi connectivity index (χ1) is 9.39. The fourth-order valence-corrected chi connectivity index (χ4v) is 3.47. The van der Waals surface area contributed by atoms with Crippen molar-refractivity contribution in [2.24, 2.45) is 0 Å². The minimum Gasteiger partial charge on any atom is -0.393 e. The molecule has 0 saturated carbocycles. The van der Waals surface area contributed by atoms with E-state index in [1.165, 1.54) is 18.0 Å². The van der Waals surface area contributed by atoms with E-state index < -0.39 is 34.6 Å². The van der Waals surface area contributed by atoms with Gasteiger partial charge < -0.3 is 14.9 Å². The second kappa shape index (κ2) is 5.53. The van der Waals surface area contributed by atoms with Crippen molar-refractivity contribution < 1.29 is 14.9 Å². The molecule has 1 aliphatic heterocycles. The zero-order chi connectivity index (χ0) is 15.0. The van der Waals surface area contributed by atoms with Gasteiger partial charge in [0.15, 0.2) is 5.00 Å². The number of rotatable bonds is 4. The molecule has 112 valence electrons. The van der Waals surface area contributed by atoms with Gasteiger partial charge in [0.2, 0.25) is 0 Å². The first-order valence-electron chi connectivity index (χ1n) is 5.83. The predicted octanol–water partition coefficient (Wildman–Crippen LogP) is -1.09. The summed E-state index contributed by atoms with van der Waals surface area (Å²) < 4.78 is 6.51. The minimum atomic E-state index is -1.57. The van der Waals surface area contributed by atoms with Crippen molar-refractivity contribution in [2.45, 2.75) is 16.7 Å². The maximum atomic E-state index is 11.8. The van der Waals surface area contributed by atoms with E-state index >= 15 is 0 Å². The van der Waals surface area contributed by atoms with Crippen LogP contribution in [0.5, 0.6) is 0 Å². The van der Waals surface area contributed by atoms with E-state index in [0.29, 0.717) is 5.75 Å². The summed E-state index contributed by atoms with van der Waals surface area (Å²) in [4.78, 5) is 23.4. The molecular formula is C11H15ClN2O5S. The Morgan fingerprint density at radius 3 is 2.90 bits per heavy atom. The fraction of sp³-hybridized carbons (Fsp3) is 0.636. The molecule has 1 fully saturated rings. The molecule has 0 aromatic carbocycles. The molecule has 1 aromatic rings. The number of nitrogens with zero attached hydrogens (tertiary/aromatic N) is 1. The molecule has 0 spiro atoms. The first kappa shape index (κ1) is 15.6. The lowest BCUT2D eigenvalue weighted by Gasteiger charge is -2.33. The molecule has 20 heavy (non-hydrogen) atoms. The van der Waals surface area contributed by atoms with Crippen LogP contribution in [-0.2, 0) is 9.73 Å². The molecule has 7 nitrogen and oxygen atoms in total. The van der Waals surface area contributed by atoms with Crippen LogP contribution < -0.4 is 11.2 Å². The van der Waals surface area contributed by atoms with Crippen molar-refractivity contribution in [2.75, 3.05) is 25.2 Å². The van der Waals surface area contributed by atoms with E-state index in [0.717, 1.165) is 10.6 Å². The average Bonchev–Trinajstić information content (AvgIpc) is 2.66. The van der Waals surface area contributed by atoms with Gasteiger partial charge in [-0.3, -0.25) is 14.3 Å². The number of alkyl halides is 1. The maximum Gasteiger partial charge on any atom is 0.329 e. The molecule has 1 aromatic heterocycles. The lowest BCUT2D eigenvalue weighted by atomic mass is 9.96. The van der Waals surface area contributed by atoms with Gasteiger partial charge in [-0.1, -0.05) is 11.6 Å². The number of aliphatic hydroxyl groups is 2. The van der Waals surface area contributed by atoms with Crippen LogP contribution in [0.3, 0.4) is 0 Å². The van der Waals surface area contributed by atoms with Crippen molar-refractivity contribution in [3.05, 3.63) is 33.1 Å². The predicted molar refractivity (Wildman–Crippen MR) is 75.3 cm³/mol. The number of hydrogen-bond donors (Lipinski definition) is 3. The highest BCUT2D eigenvalue weighted by atomic mass is 35.5. The number of aromatic amines is 1. The number of nitrogens with one attached hydrogen (secondary N) is 1. The maximum absolute atomic E-state index is 11.8. The third kappa shape index (κ3) is 2.31. The SMILES string of the molecule is CSC[C@]1(CO)OC[C@@](Cl)(n2ccc(=O)[nH]c2=O)[C@@H]1O. The van der Waals surface area contributed by atoms with Gasteiger partial charge in [-0.05, 0) is 6.26 Å². The second-order valence-electron chi connectivity index (χ2n) is 4.65. The van der Waals surface area contributed by atoms with Crippen molar-refractivity contribution in [1.29, 1.82) is 0 Å². The van der Waals surface area contributed by atoms with Crippen LogP contribution in [-0.4, -0.2) is 56.7 Å². The summed E-state index contributed by atoms with van der Waals surface area (Å²) in [7, 11) is 0. The summed E-state index contributed by atoms with van der Waals surface area (Å²) in [6.07, 6.45) is 1.69. The third-order valence-corrected chi connectivity index (χ3v) is 4.64. The number of ether oxygens (including phenoxy) is 1. The van der Waals surface area contributed by atoms with Crippen LogP contribution in [0.25, 0.3) is 0 Å². The molecule has 3 N–H and O–H groups in total. The summed E-state index contributed by atoms with van der Waals surface area (Å²) in [6.45, 7) is -0.593. The number of halogens is 1. The van der Waals surface area contributed by atoms with Gasteiger partial charge in [0.1, 0.15) is 11.7 Å². The Morgan fingerprint density at radius 2 is 2.35 bits per heavy atom. The van der Waals surface area contributed by atoms with Crippen molar-refractivity contribution in [3.63, 3.8) is 0 Å². The number of H-pyrrole nitrogens is 1. The molecule has 0 aliphatic carbocycles. The van der Waals surface area contributed by atoms with Crippen LogP contribution in [0.15, 0.2) is 21.9 Å². The van der Waals surface area contributed by atoms with E-state index in [2.05, 4.69) is 4.98 Å². The Bertz CT molecular complexity index is 605. The summed E-state index contributed by atoms with van der Waals surface area (Å²) in [6, 6.07) is 1.13. The van der Waals surface area contributed by atoms with Crippen LogP contribution in [0.4, 0.5) is 0 Å². The largest absolute Gasteiger partial charge is 0.393 e. The molecule has 0 bridgehead atoms. The van der Waals surface area contributed by atoms with Gasteiger partial charge in [-0.25, -0.2) is 4.79 Å². The van der Waals surface area contributed by atoms with Gasteiger partial charge in [0.05, 0.1) is 13.2 Å². The van der Waals surface area contributed by atoms with E-state index in [9.17, 15) is 19.8 Å². The molecule has 0 unspecified atom stereocenters. The highest BCUT2D eigenvalue weighted by Crippen LogP contribution is 2.42. The number of aromatic nitrogens is 2. The highest BCUT2D eigenvalue weighted by Gasteiger charge is 2.58. The Labute approximate surface area is 123 Å². The van der Waals surface area contributed by atoms with E-state index in [-0.39, 0.29) is 6.61 Å². The molecule has 9 heteroatoms. The lowest BCUT2D eigenvalue weighted by Crippen LogP contribution is -2.54. The van der Waals surface area contributed by atoms with Crippen LogP contribution in [0.1, 0.15) is 0 Å². The van der Waals surface area contributed by atoms with Crippen LogP contribution in [0, 0.1) is 0 Å². The quantitative estimate of drug-likeness (QED) is 0.609. The van der Waals surface area contributed by atoms with Crippen LogP contribution >= 0.6 is 23.4 Å². The monoisotopic (exact) mass is 322 g/mol. The zero-order valence-corrected chi connectivity index (χ0v) is 12.3. The molecule has 0 amide bonds. The van der Waals surface area contributed by atoms with Gasteiger partial charge in [-0.15, -0.1) is 0 Å². The van der Waals surface area contributed by atoms with Gasteiger partial charge in [0, 0.05) is 18.0 Å². The van der Waals surface area contributed by atoms with Crippen LogP contribution in [0.2, 0.25) is 0 Å². The lowest BCUT2D eigenvalue weighted by molar-refractivity contribution is -0.0756. The van der Waals surface area contributed by atoms with Crippen molar-refractivity contribution in [1.82, 2.24) is 9.55 Å². The zero-order valence-electron chi connectivity index (χ0n) is 10.7. The Hall–Kier alpha value is -0.800. The summed E-state index contributed by atoms with van der Waals surface area (Å²) in [5.41, 5.74) is -2.54. The van der Waals surface area contributed by atoms with Crippen molar-refractivity contribution in [3.8, 4) is 0 Å². The molecule has 3 atom stereocenters. The number of aliphatic hydroxyl groups excluding tert-OH is 2. The van der Waals surface area contributed by atoms with E-state index in [4.69, 9.17) is 16.3 Å². The third-order valence-electron chi connectivity index (χ3n) is 3.36. The average molecular weight is 323 g/mol. The Morgan fingerprint density at radius 1 is 1.65 bits per heavy atom. The summed E-state index contributed by atoms with van der Waals surface area (Å²) in [5, 5.41) is 20.0. The summed E-state index contributed by atoms with van der Waals surface area (Å²) >= 11 is 7.73. The van der Waals surface area contributed by atoms with Crippen molar-refractivity contribution >= 4 is 23.4 Å². The second-order valence-corrected chi connectivity index (χ2v) is 6.17. The first-order valence-corrected chi connectivity index (χ1v) is 7.60. The topological polar surface area (TPSA) is 105 Å². The number of thioether (sulfide) groups is 1. The molecule has 2 heterocycles. The minimum absolute atomic E-state index is 0.164. The smallest absolute Gasteiger partial charge is 0.329 e. The summed E-state index contributed by atoms with van der Waals surface area (Å²) in [5.74, 6) is 0.317. The highest BCUT2D eigenvalue weighted by molar-refractivity contribution is 7.98.